The molecule has 1 heterocycles. The first kappa shape index (κ1) is 31.1. The normalized spacial score (nSPS) is 19.1. The first-order chi connectivity index (χ1) is 19.4. The number of nitrogens with zero attached hydrogens (tertiary/aromatic N) is 1. The van der Waals surface area contributed by atoms with Crippen LogP contribution in [0, 0.1) is 0 Å². The van der Waals surface area contributed by atoms with Crippen molar-refractivity contribution in [1.29, 1.82) is 0 Å². The molecule has 4 rings (SSSR count). The van der Waals surface area contributed by atoms with E-state index < -0.39 is 42.7 Å². The van der Waals surface area contributed by atoms with Gasteiger partial charge in [0.15, 0.2) is 0 Å². The second kappa shape index (κ2) is 13.0. The molecule has 3 atom stereocenters. The fourth-order valence-electron chi connectivity index (χ4n) is 5.50. The highest BCUT2D eigenvalue weighted by molar-refractivity contribution is 7.86. The van der Waals surface area contributed by atoms with Crippen molar-refractivity contribution < 1.29 is 31.4 Å². The first-order valence-corrected chi connectivity index (χ1v) is 17.4. The van der Waals surface area contributed by atoms with Gasteiger partial charge in [-0.2, -0.15) is 13.5 Å². The van der Waals surface area contributed by atoms with Crippen LogP contribution >= 0.6 is 0 Å². The van der Waals surface area contributed by atoms with Crippen molar-refractivity contribution in [3.8, 4) is 0 Å². The SMILES string of the molecule is COC(=O)[C@@H]1C[C@@H]([C@H](CO[Si](c2ccccc2)(c2ccccc2)C(C)(C)C)OS(C)(=O)=O)ON1Cc1ccccc1. The maximum absolute atomic E-state index is 12.8. The van der Waals surface area contributed by atoms with E-state index in [0.717, 1.165) is 22.2 Å². The summed E-state index contributed by atoms with van der Waals surface area (Å²) in [5, 5.41) is 3.34. The molecule has 41 heavy (non-hydrogen) atoms. The predicted molar refractivity (Wildman–Crippen MR) is 161 cm³/mol. The molecule has 3 aromatic rings. The molecular weight excluding hydrogens is 558 g/mol. The molecule has 8 nitrogen and oxygen atoms in total. The van der Waals surface area contributed by atoms with E-state index in [1.54, 1.807) is 5.06 Å². The number of rotatable bonds is 11. The fourth-order valence-corrected chi connectivity index (χ4v) is 10.7. The molecule has 0 unspecified atom stereocenters. The summed E-state index contributed by atoms with van der Waals surface area (Å²) in [5.41, 5.74) is 0.936. The van der Waals surface area contributed by atoms with Gasteiger partial charge in [0.05, 0.1) is 26.5 Å². The Morgan fingerprint density at radius 3 is 1.93 bits per heavy atom. The number of hydrogen-bond donors (Lipinski definition) is 0. The number of hydroxylamine groups is 2. The molecule has 1 saturated heterocycles. The largest absolute Gasteiger partial charge is 0.468 e. The summed E-state index contributed by atoms with van der Waals surface area (Å²) >= 11 is 0. The van der Waals surface area contributed by atoms with Gasteiger partial charge in [0.25, 0.3) is 18.4 Å². The lowest BCUT2D eigenvalue weighted by Gasteiger charge is -2.43. The highest BCUT2D eigenvalue weighted by atomic mass is 32.2. The molecule has 1 aliphatic rings. The van der Waals surface area contributed by atoms with E-state index in [4.69, 9.17) is 18.2 Å². The first-order valence-electron chi connectivity index (χ1n) is 13.6. The van der Waals surface area contributed by atoms with E-state index in [9.17, 15) is 13.2 Å². The maximum Gasteiger partial charge on any atom is 0.325 e. The summed E-state index contributed by atoms with van der Waals surface area (Å²) in [4.78, 5) is 19.0. The molecule has 0 radical (unpaired) electrons. The van der Waals surface area contributed by atoms with E-state index >= 15 is 0 Å². The van der Waals surface area contributed by atoms with Crippen molar-refractivity contribution in [3.63, 3.8) is 0 Å². The van der Waals surface area contributed by atoms with E-state index in [0.29, 0.717) is 6.54 Å². The van der Waals surface area contributed by atoms with E-state index in [2.05, 4.69) is 45.0 Å². The molecule has 220 valence electrons. The molecule has 10 heteroatoms. The van der Waals surface area contributed by atoms with E-state index in [1.807, 2.05) is 66.7 Å². The molecule has 0 bridgehead atoms. The van der Waals surface area contributed by atoms with Gasteiger partial charge >= 0.3 is 5.97 Å². The van der Waals surface area contributed by atoms with Crippen LogP contribution in [-0.2, 0) is 39.6 Å². The van der Waals surface area contributed by atoms with Crippen LogP contribution in [0.2, 0.25) is 5.04 Å². The number of benzene rings is 3. The molecule has 0 saturated carbocycles. The van der Waals surface area contributed by atoms with Crippen LogP contribution in [0.1, 0.15) is 32.8 Å². The molecule has 0 spiro atoms. The minimum absolute atomic E-state index is 0.0575. The monoisotopic (exact) mass is 597 g/mol. The van der Waals surface area contributed by atoms with Crippen molar-refractivity contribution in [1.82, 2.24) is 5.06 Å². The molecule has 1 fully saturated rings. The predicted octanol–water partition coefficient (Wildman–Crippen LogP) is 3.66. The van der Waals surface area contributed by atoms with Crippen LogP contribution < -0.4 is 10.4 Å². The van der Waals surface area contributed by atoms with Crippen molar-refractivity contribution >= 4 is 34.8 Å². The number of carbonyl (C=O) groups is 1. The highest BCUT2D eigenvalue weighted by Gasteiger charge is 2.52. The Hall–Kier alpha value is -2.86. The highest BCUT2D eigenvalue weighted by Crippen LogP contribution is 2.37. The Labute approximate surface area is 244 Å². The lowest BCUT2D eigenvalue weighted by molar-refractivity contribution is -0.198. The third kappa shape index (κ3) is 7.32. The molecule has 0 N–H and O–H groups in total. The van der Waals surface area contributed by atoms with Gasteiger partial charge in [-0.15, -0.1) is 0 Å². The van der Waals surface area contributed by atoms with Crippen LogP contribution in [-0.4, -0.2) is 66.0 Å². The van der Waals surface area contributed by atoms with Gasteiger partial charge in [0.1, 0.15) is 18.2 Å². The zero-order chi connectivity index (χ0) is 29.7. The van der Waals surface area contributed by atoms with Gasteiger partial charge in [0.2, 0.25) is 0 Å². The van der Waals surface area contributed by atoms with E-state index in [1.165, 1.54) is 7.11 Å². The van der Waals surface area contributed by atoms with Crippen LogP contribution in [0.3, 0.4) is 0 Å². The second-order valence-corrected chi connectivity index (χ2v) is 17.2. The second-order valence-electron chi connectivity index (χ2n) is 11.3. The quantitative estimate of drug-likeness (QED) is 0.188. The number of esters is 1. The number of hydrogen-bond acceptors (Lipinski definition) is 8. The van der Waals surface area contributed by atoms with Crippen LogP contribution in [0.15, 0.2) is 91.0 Å². The molecule has 0 aliphatic carbocycles. The third-order valence-corrected chi connectivity index (χ3v) is 12.9. The summed E-state index contributed by atoms with van der Waals surface area (Å²) in [6.45, 7) is 6.70. The summed E-state index contributed by atoms with van der Waals surface area (Å²) in [6, 6.07) is 29.0. The van der Waals surface area contributed by atoms with Gasteiger partial charge in [-0.1, -0.05) is 112 Å². The van der Waals surface area contributed by atoms with Crippen LogP contribution in [0.25, 0.3) is 0 Å². The number of carbonyl (C=O) groups excluding carboxylic acids is 1. The lowest BCUT2D eigenvalue weighted by Crippen LogP contribution is -2.67. The fraction of sp³-hybridized carbons (Fsp3) is 0.387. The molecule has 0 amide bonds. The molecule has 1 aliphatic heterocycles. The van der Waals surface area contributed by atoms with Crippen molar-refractivity contribution in [3.05, 3.63) is 96.6 Å². The maximum atomic E-state index is 12.8. The average molecular weight is 598 g/mol. The zero-order valence-corrected chi connectivity index (χ0v) is 26.0. The van der Waals surface area contributed by atoms with Crippen LogP contribution in [0.5, 0.6) is 0 Å². The lowest BCUT2D eigenvalue weighted by atomic mass is 10.1. The topological polar surface area (TPSA) is 91.4 Å². The third-order valence-electron chi connectivity index (χ3n) is 7.32. The summed E-state index contributed by atoms with van der Waals surface area (Å²) in [5.74, 6) is -0.463. The Bertz CT molecular complexity index is 1340. The van der Waals surface area contributed by atoms with E-state index in [-0.39, 0.29) is 18.1 Å². The standard InChI is InChI=1S/C31H39NO7SSi/c1-31(2,3)41(25-17-11-7-12-18-25,26-19-13-8-14-20-26)37-23-29(39-40(5,34)35)28-21-27(30(33)36-4)32(38-28)22-24-15-9-6-10-16-24/h6-20,27-29H,21-23H2,1-5H3/t27-,28-,29-/m0/s1. The Kier molecular flexibility index (Phi) is 9.84. The molecular formula is C31H39NO7SSi. The van der Waals surface area contributed by atoms with Gasteiger partial charge in [-0.05, 0) is 21.0 Å². The van der Waals surface area contributed by atoms with Crippen molar-refractivity contribution in [2.45, 2.75) is 57.0 Å². The van der Waals surface area contributed by atoms with Gasteiger partial charge in [-0.3, -0.25) is 13.8 Å². The summed E-state index contributed by atoms with van der Waals surface area (Å²) < 4.78 is 42.6. The average Bonchev–Trinajstić information content (AvgIpc) is 3.36. The van der Waals surface area contributed by atoms with Crippen molar-refractivity contribution in [2.24, 2.45) is 0 Å². The Morgan fingerprint density at radius 2 is 1.46 bits per heavy atom. The molecule has 3 aromatic carbocycles. The molecule has 0 aromatic heterocycles. The number of methoxy groups -OCH3 is 1. The van der Waals surface area contributed by atoms with Crippen LogP contribution in [0.4, 0.5) is 0 Å². The smallest absolute Gasteiger partial charge is 0.325 e. The van der Waals surface area contributed by atoms with Gasteiger partial charge in [-0.25, -0.2) is 0 Å². The number of ether oxygens (including phenoxy) is 1. The Morgan fingerprint density at radius 1 is 0.951 bits per heavy atom. The summed E-state index contributed by atoms with van der Waals surface area (Å²) in [6.07, 6.45) is -0.573. The van der Waals surface area contributed by atoms with Gasteiger partial charge in [0, 0.05) is 6.42 Å². The minimum Gasteiger partial charge on any atom is -0.468 e. The van der Waals surface area contributed by atoms with Crippen molar-refractivity contribution in [2.75, 3.05) is 20.0 Å². The zero-order valence-electron chi connectivity index (χ0n) is 24.2. The van der Waals surface area contributed by atoms with Gasteiger partial charge < -0.3 is 9.16 Å². The summed E-state index contributed by atoms with van der Waals surface area (Å²) in [7, 11) is -5.56. The Balaban J connectivity index is 1.70. The minimum atomic E-state index is -3.89.